The molecule has 0 aliphatic heterocycles. The van der Waals surface area contributed by atoms with Crippen LogP contribution in [0, 0.1) is 0 Å². The Hall–Kier alpha value is -0.200. The van der Waals surface area contributed by atoms with E-state index in [9.17, 15) is 18.0 Å². The Labute approximate surface area is 120 Å². The summed E-state index contributed by atoms with van der Waals surface area (Å²) in [5.74, 6) is 0.0256. The molecule has 0 unspecified atom stereocenters. The van der Waals surface area contributed by atoms with Gasteiger partial charge in [0.15, 0.2) is 0 Å². The van der Waals surface area contributed by atoms with Crippen LogP contribution < -0.4 is 0 Å². The maximum Gasteiger partial charge on any atom is 0.446 e. The van der Waals surface area contributed by atoms with Crippen LogP contribution in [0.1, 0.15) is 11.1 Å². The van der Waals surface area contributed by atoms with Crippen molar-refractivity contribution >= 4 is 45.1 Å². The zero-order chi connectivity index (χ0) is 13.8. The van der Waals surface area contributed by atoms with Crippen LogP contribution in [0.2, 0.25) is 0 Å². The van der Waals surface area contributed by atoms with Crippen LogP contribution in [-0.4, -0.2) is 16.6 Å². The van der Waals surface area contributed by atoms with Gasteiger partial charge in [-0.1, -0.05) is 28.1 Å². The number of carbonyl (C=O) groups is 1. The molecule has 7 heteroatoms. The molecule has 1 rings (SSSR count). The number of alkyl halides is 5. The Morgan fingerprint density at radius 3 is 2.56 bits per heavy atom. The van der Waals surface area contributed by atoms with Gasteiger partial charge >= 0.3 is 5.51 Å². The molecule has 0 radical (unpaired) electrons. The zero-order valence-electron chi connectivity index (χ0n) is 9.06. The highest BCUT2D eigenvalue weighted by atomic mass is 79.9. The molecule has 0 aliphatic carbocycles. The van der Waals surface area contributed by atoms with Crippen molar-refractivity contribution in [3.8, 4) is 0 Å². The minimum atomic E-state index is -4.37. The van der Waals surface area contributed by atoms with E-state index >= 15 is 0 Å². The Morgan fingerprint density at radius 1 is 1.39 bits per heavy atom. The van der Waals surface area contributed by atoms with Crippen LogP contribution in [0.4, 0.5) is 13.2 Å². The first-order valence-corrected chi connectivity index (χ1v) is 7.34. The van der Waals surface area contributed by atoms with Gasteiger partial charge in [0.1, 0.15) is 5.78 Å². The molecule has 0 aromatic heterocycles. The number of rotatable bonds is 5. The summed E-state index contributed by atoms with van der Waals surface area (Å²) in [5.41, 5.74) is -3.31. The molecule has 1 nitrogen and oxygen atoms in total. The number of hydrogen-bond donors (Lipinski definition) is 0. The van der Waals surface area contributed by atoms with E-state index in [1.165, 1.54) is 12.1 Å². The smallest absolute Gasteiger partial charge is 0.298 e. The van der Waals surface area contributed by atoms with Crippen LogP contribution in [0.3, 0.4) is 0 Å². The standard InChI is InChI=1S/C11H9BrClF3OS/c12-5-9(17)4-8-3-7(6-13)1-2-10(8)18-11(14,15)16/h1-3H,4-6H2. The minimum absolute atomic E-state index is 0.0333. The van der Waals surface area contributed by atoms with E-state index in [0.29, 0.717) is 11.1 Å². The second-order valence-corrected chi connectivity index (χ2v) is 5.41. The summed E-state index contributed by atoms with van der Waals surface area (Å²) in [6.07, 6.45) is -0.0333. The van der Waals surface area contributed by atoms with E-state index in [1.54, 1.807) is 6.07 Å². The Balaban J connectivity index is 3.04. The lowest BCUT2D eigenvalue weighted by Crippen LogP contribution is -2.07. The SMILES string of the molecule is O=C(CBr)Cc1cc(CCl)ccc1SC(F)(F)F. The lowest BCUT2D eigenvalue weighted by Gasteiger charge is -2.11. The molecule has 0 amide bonds. The van der Waals surface area contributed by atoms with E-state index < -0.39 is 5.51 Å². The van der Waals surface area contributed by atoms with Gasteiger partial charge in [0.2, 0.25) is 0 Å². The summed E-state index contributed by atoms with van der Waals surface area (Å²) >= 11 is 8.41. The topological polar surface area (TPSA) is 17.1 Å². The normalized spacial score (nSPS) is 11.6. The van der Waals surface area contributed by atoms with Crippen LogP contribution in [0.5, 0.6) is 0 Å². The Morgan fingerprint density at radius 2 is 2.06 bits per heavy atom. The maximum absolute atomic E-state index is 12.4. The van der Waals surface area contributed by atoms with Gasteiger partial charge in [-0.3, -0.25) is 4.79 Å². The van der Waals surface area contributed by atoms with Crippen molar-refractivity contribution in [2.75, 3.05) is 5.33 Å². The summed E-state index contributed by atoms with van der Waals surface area (Å²) in [7, 11) is 0. The van der Waals surface area contributed by atoms with Gasteiger partial charge in [-0.15, -0.1) is 11.6 Å². The number of thioether (sulfide) groups is 1. The van der Waals surface area contributed by atoms with Crippen LogP contribution >= 0.6 is 39.3 Å². The molecule has 0 spiro atoms. The number of Topliss-reactive ketones (excluding diaryl/α,β-unsaturated/α-hetero) is 1. The van der Waals surface area contributed by atoms with Crippen molar-refractivity contribution in [3.63, 3.8) is 0 Å². The first-order chi connectivity index (χ1) is 8.35. The highest BCUT2D eigenvalue weighted by Gasteiger charge is 2.30. The minimum Gasteiger partial charge on any atom is -0.298 e. The van der Waals surface area contributed by atoms with Gasteiger partial charge in [0.25, 0.3) is 0 Å². The largest absolute Gasteiger partial charge is 0.446 e. The molecular formula is C11H9BrClF3OS. The van der Waals surface area contributed by atoms with E-state index in [1.807, 2.05) is 0 Å². The average Bonchev–Trinajstić information content (AvgIpc) is 2.29. The molecule has 100 valence electrons. The second-order valence-electron chi connectivity index (χ2n) is 3.47. The summed E-state index contributed by atoms with van der Waals surface area (Å²) in [4.78, 5) is 11.4. The lowest BCUT2D eigenvalue weighted by atomic mass is 10.1. The van der Waals surface area contributed by atoms with E-state index in [2.05, 4.69) is 15.9 Å². The fourth-order valence-electron chi connectivity index (χ4n) is 1.34. The van der Waals surface area contributed by atoms with Crippen molar-refractivity contribution < 1.29 is 18.0 Å². The van der Waals surface area contributed by atoms with Crippen LogP contribution in [0.15, 0.2) is 23.1 Å². The maximum atomic E-state index is 12.4. The van der Waals surface area contributed by atoms with Crippen molar-refractivity contribution in [2.24, 2.45) is 0 Å². The van der Waals surface area contributed by atoms with Crippen LogP contribution in [-0.2, 0) is 17.1 Å². The molecular weight excluding hydrogens is 353 g/mol. The van der Waals surface area contributed by atoms with Crippen molar-refractivity contribution in [3.05, 3.63) is 29.3 Å². The quantitative estimate of drug-likeness (QED) is 0.565. The van der Waals surface area contributed by atoms with Gasteiger partial charge in [-0.25, -0.2) is 0 Å². The first kappa shape index (κ1) is 15.9. The average molecular weight is 362 g/mol. The predicted octanol–water partition coefficient (Wildman–Crippen LogP) is 4.54. The Bertz CT molecular complexity index is 437. The van der Waals surface area contributed by atoms with Crippen molar-refractivity contribution in [1.29, 1.82) is 0 Å². The molecule has 0 heterocycles. The van der Waals surface area contributed by atoms with Crippen molar-refractivity contribution in [2.45, 2.75) is 22.7 Å². The van der Waals surface area contributed by atoms with Gasteiger partial charge in [0.05, 0.1) is 5.33 Å². The van der Waals surface area contributed by atoms with Gasteiger partial charge < -0.3 is 0 Å². The molecule has 0 bridgehead atoms. The number of hydrogen-bond acceptors (Lipinski definition) is 2. The monoisotopic (exact) mass is 360 g/mol. The molecule has 0 N–H and O–H groups in total. The third-order valence-electron chi connectivity index (χ3n) is 2.04. The Kier molecular flexibility index (Phi) is 6.01. The zero-order valence-corrected chi connectivity index (χ0v) is 12.2. The molecule has 0 fully saturated rings. The van der Waals surface area contributed by atoms with Crippen LogP contribution in [0.25, 0.3) is 0 Å². The van der Waals surface area contributed by atoms with E-state index in [0.717, 1.165) is 0 Å². The molecule has 1 aromatic rings. The van der Waals surface area contributed by atoms with E-state index in [-0.39, 0.29) is 40.1 Å². The summed E-state index contributed by atoms with van der Waals surface area (Å²) in [6, 6.07) is 4.43. The summed E-state index contributed by atoms with van der Waals surface area (Å²) < 4.78 is 37.1. The van der Waals surface area contributed by atoms with E-state index in [4.69, 9.17) is 11.6 Å². The number of halogens is 5. The fraction of sp³-hybridized carbons (Fsp3) is 0.364. The number of carbonyl (C=O) groups excluding carboxylic acids is 1. The third kappa shape index (κ3) is 5.20. The highest BCUT2D eigenvalue weighted by molar-refractivity contribution is 9.09. The molecule has 0 aliphatic rings. The molecule has 0 saturated heterocycles. The van der Waals surface area contributed by atoms with Gasteiger partial charge in [0, 0.05) is 17.2 Å². The third-order valence-corrected chi connectivity index (χ3v) is 3.83. The first-order valence-electron chi connectivity index (χ1n) is 4.87. The number of ketones is 1. The van der Waals surface area contributed by atoms with Gasteiger partial charge in [-0.2, -0.15) is 13.2 Å². The molecule has 0 saturated carbocycles. The summed E-state index contributed by atoms with van der Waals surface area (Å²) in [6.45, 7) is 0. The molecule has 0 atom stereocenters. The predicted molar refractivity (Wildman–Crippen MR) is 70.4 cm³/mol. The van der Waals surface area contributed by atoms with Crippen molar-refractivity contribution in [1.82, 2.24) is 0 Å². The van der Waals surface area contributed by atoms with Gasteiger partial charge in [-0.05, 0) is 29.0 Å². The second kappa shape index (κ2) is 6.82. The highest BCUT2D eigenvalue weighted by Crippen LogP contribution is 2.39. The summed E-state index contributed by atoms with van der Waals surface area (Å²) in [5, 5.41) is 0.119. The lowest BCUT2D eigenvalue weighted by molar-refractivity contribution is -0.115. The molecule has 18 heavy (non-hydrogen) atoms. The number of benzene rings is 1. The molecule has 1 aromatic carbocycles. The fourth-order valence-corrected chi connectivity index (χ4v) is 2.35.